The number of carbonyl (C=O) groups excluding carboxylic acids is 1. The van der Waals surface area contributed by atoms with E-state index in [2.05, 4.69) is 10.6 Å². The first-order valence-electron chi connectivity index (χ1n) is 6.47. The van der Waals surface area contributed by atoms with Gasteiger partial charge in [-0.1, -0.05) is 29.8 Å². The van der Waals surface area contributed by atoms with Crippen molar-refractivity contribution in [2.24, 2.45) is 0 Å². The lowest BCUT2D eigenvalue weighted by Gasteiger charge is -2.18. The van der Waals surface area contributed by atoms with E-state index in [-0.39, 0.29) is 19.0 Å². The highest BCUT2D eigenvalue weighted by Gasteiger charge is 2.15. The molecule has 0 saturated carbocycles. The summed E-state index contributed by atoms with van der Waals surface area (Å²) in [7, 11) is 1.40. The number of carboxylic acid groups (broad SMARTS) is 1. The molecule has 1 aromatic carbocycles. The lowest BCUT2D eigenvalue weighted by molar-refractivity contribution is -0.139. The van der Waals surface area contributed by atoms with Gasteiger partial charge in [-0.25, -0.2) is 4.79 Å². The summed E-state index contributed by atoms with van der Waals surface area (Å²) >= 11 is 6.05. The van der Waals surface area contributed by atoms with Crippen LogP contribution in [0.4, 0.5) is 4.79 Å². The number of aliphatic carboxylic acids is 1. The summed E-state index contributed by atoms with van der Waals surface area (Å²) in [6.45, 7) is 1.93. The second kappa shape index (κ2) is 8.49. The van der Waals surface area contributed by atoms with Gasteiger partial charge in [0.1, 0.15) is 0 Å². The van der Waals surface area contributed by atoms with Crippen molar-refractivity contribution in [3.05, 3.63) is 34.9 Å². The number of rotatable bonds is 7. The molecule has 0 spiro atoms. The summed E-state index contributed by atoms with van der Waals surface area (Å²) in [6, 6.07) is 6.56. The third kappa shape index (κ3) is 6.01. The van der Waals surface area contributed by atoms with Crippen LogP contribution in [0.1, 0.15) is 24.9 Å². The predicted molar refractivity (Wildman–Crippen MR) is 79.5 cm³/mol. The van der Waals surface area contributed by atoms with Gasteiger partial charge < -0.3 is 20.5 Å². The molecule has 6 nitrogen and oxygen atoms in total. The molecule has 116 valence electrons. The van der Waals surface area contributed by atoms with Gasteiger partial charge in [0.2, 0.25) is 0 Å². The highest BCUT2D eigenvalue weighted by atomic mass is 35.5. The quantitative estimate of drug-likeness (QED) is 0.720. The molecule has 0 aromatic heterocycles. The smallest absolute Gasteiger partial charge is 0.315 e. The Labute approximate surface area is 128 Å². The number of hydrogen-bond donors (Lipinski definition) is 3. The first kappa shape index (κ1) is 17.3. The van der Waals surface area contributed by atoms with E-state index in [9.17, 15) is 9.59 Å². The van der Waals surface area contributed by atoms with Crippen molar-refractivity contribution in [3.8, 4) is 0 Å². The topological polar surface area (TPSA) is 87.7 Å². The molecule has 2 amide bonds. The van der Waals surface area contributed by atoms with E-state index in [1.54, 1.807) is 6.07 Å². The molecule has 0 aliphatic rings. The van der Waals surface area contributed by atoms with E-state index >= 15 is 0 Å². The molecule has 7 heteroatoms. The number of halogens is 1. The minimum Gasteiger partial charge on any atom is -0.481 e. The Morgan fingerprint density at radius 3 is 2.62 bits per heavy atom. The van der Waals surface area contributed by atoms with Crippen LogP contribution >= 0.6 is 11.6 Å². The third-order valence-corrected chi connectivity index (χ3v) is 3.29. The van der Waals surface area contributed by atoms with Crippen molar-refractivity contribution < 1.29 is 19.4 Å². The maximum Gasteiger partial charge on any atom is 0.315 e. The van der Waals surface area contributed by atoms with Crippen molar-refractivity contribution in [1.82, 2.24) is 10.6 Å². The van der Waals surface area contributed by atoms with Gasteiger partial charge in [-0.15, -0.1) is 0 Å². The highest BCUT2D eigenvalue weighted by molar-refractivity contribution is 6.31. The molecule has 0 aliphatic carbocycles. The Hall–Kier alpha value is -1.79. The average Bonchev–Trinajstić information content (AvgIpc) is 2.43. The van der Waals surface area contributed by atoms with Crippen molar-refractivity contribution in [3.63, 3.8) is 0 Å². The van der Waals surface area contributed by atoms with Crippen LogP contribution in [0.15, 0.2) is 24.3 Å². The van der Waals surface area contributed by atoms with Crippen LogP contribution < -0.4 is 10.6 Å². The van der Waals surface area contributed by atoms with E-state index in [4.69, 9.17) is 21.4 Å². The van der Waals surface area contributed by atoms with Crippen molar-refractivity contribution in [1.29, 1.82) is 0 Å². The first-order valence-corrected chi connectivity index (χ1v) is 6.85. The molecule has 1 aromatic rings. The van der Waals surface area contributed by atoms with Crippen molar-refractivity contribution in [2.45, 2.75) is 25.5 Å². The number of amides is 2. The lowest BCUT2D eigenvalue weighted by atomic mass is 10.1. The van der Waals surface area contributed by atoms with Gasteiger partial charge in [-0.3, -0.25) is 4.79 Å². The van der Waals surface area contributed by atoms with Crippen molar-refractivity contribution >= 4 is 23.6 Å². The van der Waals surface area contributed by atoms with E-state index in [1.165, 1.54) is 7.11 Å². The molecule has 1 rings (SSSR count). The number of carbonyl (C=O) groups is 2. The fraction of sp³-hybridized carbons (Fsp3) is 0.429. The number of nitrogens with one attached hydrogen (secondary N) is 2. The zero-order valence-electron chi connectivity index (χ0n) is 11.9. The van der Waals surface area contributed by atoms with Crippen LogP contribution in [-0.2, 0) is 9.53 Å². The number of ether oxygens (including phenoxy) is 1. The van der Waals surface area contributed by atoms with Gasteiger partial charge in [-0.05, 0) is 18.6 Å². The number of urea groups is 1. The van der Waals surface area contributed by atoms with Crippen LogP contribution in [0.2, 0.25) is 5.02 Å². The van der Waals surface area contributed by atoms with E-state index in [1.807, 2.05) is 25.1 Å². The van der Waals surface area contributed by atoms with Gasteiger partial charge in [0.15, 0.2) is 0 Å². The summed E-state index contributed by atoms with van der Waals surface area (Å²) in [5.74, 6) is -0.978. The fourth-order valence-electron chi connectivity index (χ4n) is 1.79. The Balaban J connectivity index is 2.46. The summed E-state index contributed by atoms with van der Waals surface area (Å²) in [5, 5.41) is 14.6. The SMILES string of the molecule is COC(CNC(=O)NC(C)c1ccccc1Cl)CC(=O)O. The predicted octanol–water partition coefficient (Wildman–Crippen LogP) is 2.19. The summed E-state index contributed by atoms with van der Waals surface area (Å²) < 4.78 is 4.98. The average molecular weight is 315 g/mol. The largest absolute Gasteiger partial charge is 0.481 e. The molecule has 21 heavy (non-hydrogen) atoms. The summed E-state index contributed by atoms with van der Waals surface area (Å²) in [6.07, 6.45) is -0.736. The molecule has 0 heterocycles. The molecule has 2 atom stereocenters. The second-order valence-electron chi connectivity index (χ2n) is 4.55. The summed E-state index contributed by atoms with van der Waals surface area (Å²) in [5.41, 5.74) is 0.808. The standard InChI is InChI=1S/C14H19ClN2O4/c1-9(11-5-3-4-6-12(11)15)17-14(20)16-8-10(21-2)7-13(18)19/h3-6,9-10H,7-8H2,1-2H3,(H,18,19)(H2,16,17,20). The number of carboxylic acids is 1. The van der Waals surface area contributed by atoms with Gasteiger partial charge in [-0.2, -0.15) is 0 Å². The van der Waals surface area contributed by atoms with Gasteiger partial charge >= 0.3 is 12.0 Å². The number of benzene rings is 1. The van der Waals surface area contributed by atoms with E-state index in [0.717, 1.165) is 5.56 Å². The zero-order valence-corrected chi connectivity index (χ0v) is 12.7. The molecule has 0 saturated heterocycles. The Morgan fingerprint density at radius 2 is 2.05 bits per heavy atom. The maximum absolute atomic E-state index is 11.8. The van der Waals surface area contributed by atoms with Crippen LogP contribution in [0.3, 0.4) is 0 Å². The normalized spacial score (nSPS) is 13.3. The molecular formula is C14H19ClN2O4. The molecular weight excluding hydrogens is 296 g/mol. The Morgan fingerprint density at radius 1 is 1.38 bits per heavy atom. The molecule has 0 aliphatic heterocycles. The molecule has 2 unspecified atom stereocenters. The minimum atomic E-state index is -0.978. The van der Waals surface area contributed by atoms with Gasteiger partial charge in [0.25, 0.3) is 0 Å². The number of hydrogen-bond acceptors (Lipinski definition) is 3. The number of methoxy groups -OCH3 is 1. The van der Waals surface area contributed by atoms with Crippen LogP contribution in [-0.4, -0.2) is 36.9 Å². The first-order chi connectivity index (χ1) is 9.93. The van der Waals surface area contributed by atoms with Crippen LogP contribution in [0.5, 0.6) is 0 Å². The molecule has 0 fully saturated rings. The van der Waals surface area contributed by atoms with Gasteiger partial charge in [0.05, 0.1) is 18.6 Å². The third-order valence-electron chi connectivity index (χ3n) is 2.95. The van der Waals surface area contributed by atoms with Crippen LogP contribution in [0.25, 0.3) is 0 Å². The lowest BCUT2D eigenvalue weighted by Crippen LogP contribution is -2.41. The highest BCUT2D eigenvalue weighted by Crippen LogP contribution is 2.21. The maximum atomic E-state index is 11.8. The molecule has 0 bridgehead atoms. The van der Waals surface area contributed by atoms with Crippen LogP contribution in [0, 0.1) is 0 Å². The Kier molecular flexibility index (Phi) is 6.98. The fourth-order valence-corrected chi connectivity index (χ4v) is 2.09. The summed E-state index contributed by atoms with van der Waals surface area (Å²) in [4.78, 5) is 22.4. The monoisotopic (exact) mass is 314 g/mol. The molecule has 0 radical (unpaired) electrons. The van der Waals surface area contributed by atoms with E-state index in [0.29, 0.717) is 5.02 Å². The minimum absolute atomic E-state index is 0.115. The Bertz CT molecular complexity index is 496. The molecule has 3 N–H and O–H groups in total. The van der Waals surface area contributed by atoms with E-state index < -0.39 is 18.1 Å². The van der Waals surface area contributed by atoms with Gasteiger partial charge in [0, 0.05) is 18.7 Å². The van der Waals surface area contributed by atoms with Crippen molar-refractivity contribution in [2.75, 3.05) is 13.7 Å². The zero-order chi connectivity index (χ0) is 15.8. The second-order valence-corrected chi connectivity index (χ2v) is 4.96.